The number of hydrogen-bond donors (Lipinski definition) is 1. The molecular formula is C33H52Cl3NO2. The van der Waals surface area contributed by atoms with Gasteiger partial charge in [0, 0.05) is 5.02 Å². The zero-order chi connectivity index (χ0) is 30.6. The summed E-state index contributed by atoms with van der Waals surface area (Å²) in [5.74, 6) is 1.10. The van der Waals surface area contributed by atoms with Crippen LogP contribution in [-0.4, -0.2) is 11.7 Å². The standard InChI is InChI=1S/C20H22Cl3NO.C8H18.C3H6O.C2H6/c1-4-11-20(3,15-7-10-17(22)18(23)12-15)19(25)24-13(2)14-5-8-16(21)9-6-14;1-4-6-8(3)7-5-2;1-3(2)4;1-2/h5-10,12-13H,4,11H2,1-3H3,(H,24,25);8H,4-7H2,1-3H3;1-2H3;1-2H3. The molecule has 2 aromatic carbocycles. The van der Waals surface area contributed by atoms with E-state index in [1.165, 1.54) is 39.5 Å². The molecule has 3 nitrogen and oxygen atoms in total. The fraction of sp³-hybridized carbons (Fsp3) is 0.576. The van der Waals surface area contributed by atoms with Gasteiger partial charge in [-0.1, -0.05) is 127 Å². The summed E-state index contributed by atoms with van der Waals surface area (Å²) in [6, 6.07) is 12.8. The number of hydrogen-bond acceptors (Lipinski definition) is 2. The van der Waals surface area contributed by atoms with E-state index in [4.69, 9.17) is 34.8 Å². The van der Waals surface area contributed by atoms with Crippen LogP contribution in [0.1, 0.15) is 125 Å². The van der Waals surface area contributed by atoms with Gasteiger partial charge in [0.2, 0.25) is 5.91 Å². The van der Waals surface area contributed by atoms with Gasteiger partial charge < -0.3 is 10.1 Å². The molecule has 39 heavy (non-hydrogen) atoms. The molecule has 0 fully saturated rings. The number of nitrogens with one attached hydrogen (secondary N) is 1. The number of halogens is 3. The molecule has 0 aliphatic rings. The number of amides is 1. The topological polar surface area (TPSA) is 46.2 Å². The van der Waals surface area contributed by atoms with Gasteiger partial charge >= 0.3 is 0 Å². The summed E-state index contributed by atoms with van der Waals surface area (Å²) in [6.07, 6.45) is 7.10. The molecule has 6 heteroatoms. The number of rotatable bonds is 10. The Labute approximate surface area is 254 Å². The van der Waals surface area contributed by atoms with Gasteiger partial charge in [-0.25, -0.2) is 0 Å². The number of carbonyl (C=O) groups is 2. The molecule has 0 saturated carbocycles. The fourth-order valence-corrected chi connectivity index (χ4v) is 4.47. The number of ketones is 1. The van der Waals surface area contributed by atoms with E-state index in [0.29, 0.717) is 21.5 Å². The summed E-state index contributed by atoms with van der Waals surface area (Å²) < 4.78 is 0. The van der Waals surface area contributed by atoms with Gasteiger partial charge in [0.05, 0.1) is 21.5 Å². The molecule has 0 aliphatic heterocycles. The highest BCUT2D eigenvalue weighted by Gasteiger charge is 2.35. The summed E-state index contributed by atoms with van der Waals surface area (Å²) in [7, 11) is 0. The maximum Gasteiger partial charge on any atom is 0.230 e. The summed E-state index contributed by atoms with van der Waals surface area (Å²) in [6.45, 7) is 19.9. The number of Topliss-reactive ketones (excluding diaryl/α,β-unsaturated/α-hetero) is 1. The molecule has 2 aromatic rings. The third-order valence-electron chi connectivity index (χ3n) is 6.09. The van der Waals surface area contributed by atoms with Crippen molar-refractivity contribution in [2.24, 2.45) is 5.92 Å². The van der Waals surface area contributed by atoms with Crippen molar-refractivity contribution in [1.82, 2.24) is 5.32 Å². The van der Waals surface area contributed by atoms with Gasteiger partial charge in [-0.05, 0) is 75.4 Å². The Morgan fingerprint density at radius 1 is 0.821 bits per heavy atom. The number of carbonyl (C=O) groups excluding carboxylic acids is 2. The van der Waals surface area contributed by atoms with Crippen molar-refractivity contribution in [1.29, 1.82) is 0 Å². The van der Waals surface area contributed by atoms with Crippen molar-refractivity contribution >= 4 is 46.5 Å². The monoisotopic (exact) mass is 599 g/mol. The number of benzene rings is 2. The fourth-order valence-electron chi connectivity index (χ4n) is 4.05. The molecular weight excluding hydrogens is 549 g/mol. The van der Waals surface area contributed by atoms with Crippen molar-refractivity contribution < 1.29 is 9.59 Å². The Bertz CT molecular complexity index is 936. The average Bonchev–Trinajstić information content (AvgIpc) is 2.87. The van der Waals surface area contributed by atoms with Gasteiger partial charge in [-0.3, -0.25) is 4.79 Å². The first-order valence-electron chi connectivity index (χ1n) is 14.3. The maximum absolute atomic E-state index is 13.1. The van der Waals surface area contributed by atoms with Crippen LogP contribution in [0.3, 0.4) is 0 Å². The highest BCUT2D eigenvalue weighted by molar-refractivity contribution is 6.42. The first-order valence-corrected chi connectivity index (χ1v) is 15.4. The Morgan fingerprint density at radius 3 is 1.72 bits per heavy atom. The predicted molar refractivity (Wildman–Crippen MR) is 173 cm³/mol. The summed E-state index contributed by atoms with van der Waals surface area (Å²) >= 11 is 18.1. The second-order valence-corrected chi connectivity index (χ2v) is 11.3. The molecule has 1 amide bonds. The maximum atomic E-state index is 13.1. The Balaban J connectivity index is 0. The Morgan fingerprint density at radius 2 is 1.31 bits per heavy atom. The highest BCUT2D eigenvalue weighted by Crippen LogP contribution is 2.34. The van der Waals surface area contributed by atoms with E-state index in [1.807, 2.05) is 58.0 Å². The zero-order valence-electron chi connectivity index (χ0n) is 25.9. The van der Waals surface area contributed by atoms with Crippen LogP contribution < -0.4 is 5.32 Å². The van der Waals surface area contributed by atoms with Gasteiger partial charge in [-0.2, -0.15) is 0 Å². The molecule has 0 aromatic heterocycles. The zero-order valence-corrected chi connectivity index (χ0v) is 28.2. The van der Waals surface area contributed by atoms with Gasteiger partial charge in [-0.15, -0.1) is 0 Å². The first-order chi connectivity index (χ1) is 18.3. The van der Waals surface area contributed by atoms with E-state index in [9.17, 15) is 9.59 Å². The van der Waals surface area contributed by atoms with Gasteiger partial charge in [0.25, 0.3) is 0 Å². The van der Waals surface area contributed by atoms with Crippen LogP contribution in [0.4, 0.5) is 0 Å². The van der Waals surface area contributed by atoms with Crippen molar-refractivity contribution in [3.63, 3.8) is 0 Å². The molecule has 0 saturated heterocycles. The summed E-state index contributed by atoms with van der Waals surface area (Å²) in [5, 5.41) is 4.73. The molecule has 2 atom stereocenters. The van der Waals surface area contributed by atoms with Crippen LogP contribution in [-0.2, 0) is 15.0 Å². The average molecular weight is 601 g/mol. The van der Waals surface area contributed by atoms with Crippen molar-refractivity contribution in [3.05, 3.63) is 68.7 Å². The van der Waals surface area contributed by atoms with Crippen LogP contribution >= 0.6 is 34.8 Å². The molecule has 1 N–H and O–H groups in total. The van der Waals surface area contributed by atoms with Gasteiger partial charge in [0.1, 0.15) is 5.78 Å². The first kappa shape index (κ1) is 39.6. The molecule has 0 radical (unpaired) electrons. The summed E-state index contributed by atoms with van der Waals surface area (Å²) in [5.41, 5.74) is 1.19. The van der Waals surface area contributed by atoms with Gasteiger partial charge in [0.15, 0.2) is 0 Å². The lowest BCUT2D eigenvalue weighted by Crippen LogP contribution is -2.43. The molecule has 2 unspecified atom stereocenters. The van der Waals surface area contributed by atoms with Crippen LogP contribution in [0.5, 0.6) is 0 Å². The smallest absolute Gasteiger partial charge is 0.230 e. The van der Waals surface area contributed by atoms with Crippen LogP contribution in [0.25, 0.3) is 0 Å². The Hall–Kier alpha value is -1.55. The third kappa shape index (κ3) is 16.3. The second-order valence-electron chi connectivity index (χ2n) is 10.0. The van der Waals surface area contributed by atoms with E-state index in [-0.39, 0.29) is 17.7 Å². The quantitative estimate of drug-likeness (QED) is 0.295. The van der Waals surface area contributed by atoms with Crippen molar-refractivity contribution in [2.45, 2.75) is 119 Å². The van der Waals surface area contributed by atoms with E-state index < -0.39 is 5.41 Å². The van der Waals surface area contributed by atoms with E-state index in [1.54, 1.807) is 12.1 Å². The van der Waals surface area contributed by atoms with Crippen LogP contribution in [0, 0.1) is 5.92 Å². The SMILES string of the molecule is CC.CC(C)=O.CCCC(C)(C(=O)NC(C)c1ccc(Cl)cc1)c1ccc(Cl)c(Cl)c1.CCCC(C)CCC. The van der Waals surface area contributed by atoms with Crippen molar-refractivity contribution in [2.75, 3.05) is 0 Å². The summed E-state index contributed by atoms with van der Waals surface area (Å²) in [4.78, 5) is 22.5. The minimum atomic E-state index is -0.677. The minimum Gasteiger partial charge on any atom is -0.349 e. The largest absolute Gasteiger partial charge is 0.349 e. The van der Waals surface area contributed by atoms with E-state index in [0.717, 1.165) is 23.5 Å². The molecule has 0 bridgehead atoms. The van der Waals surface area contributed by atoms with Crippen molar-refractivity contribution in [3.8, 4) is 0 Å². The molecule has 222 valence electrons. The predicted octanol–water partition coefficient (Wildman–Crippen LogP) is 11.4. The minimum absolute atomic E-state index is 0.0322. The molecule has 0 aliphatic carbocycles. The van der Waals surface area contributed by atoms with E-state index in [2.05, 4.69) is 33.0 Å². The normalized spacial score (nSPS) is 12.4. The second kappa shape index (κ2) is 22.2. The lowest BCUT2D eigenvalue weighted by atomic mass is 9.77. The Kier molecular flexibility index (Phi) is 22.5. The molecule has 2 rings (SSSR count). The van der Waals surface area contributed by atoms with Crippen LogP contribution in [0.15, 0.2) is 42.5 Å². The lowest BCUT2D eigenvalue weighted by Gasteiger charge is -2.30. The lowest BCUT2D eigenvalue weighted by molar-refractivity contribution is -0.127. The highest BCUT2D eigenvalue weighted by atomic mass is 35.5. The molecule has 0 heterocycles. The third-order valence-corrected chi connectivity index (χ3v) is 7.08. The van der Waals surface area contributed by atoms with E-state index >= 15 is 0 Å². The van der Waals surface area contributed by atoms with Crippen LogP contribution in [0.2, 0.25) is 15.1 Å². The molecule has 0 spiro atoms.